The van der Waals surface area contributed by atoms with E-state index in [1.165, 1.54) is 23.1 Å². The summed E-state index contributed by atoms with van der Waals surface area (Å²) in [6, 6.07) is 12.9. The van der Waals surface area contributed by atoms with Gasteiger partial charge in [-0.15, -0.1) is 11.3 Å². The Hall–Kier alpha value is -1.65. The van der Waals surface area contributed by atoms with Crippen LogP contribution in [-0.4, -0.2) is 13.1 Å². The fourth-order valence-electron chi connectivity index (χ4n) is 2.05. The molecule has 1 aromatic heterocycles. The molecule has 0 fully saturated rings. The molecular weight excluding hydrogens is 282 g/mol. The number of carbonyl (C=O) groups excluding carboxylic acids is 1. The number of benzene rings is 1. The summed E-state index contributed by atoms with van der Waals surface area (Å²) in [6.45, 7) is 5.06. The summed E-state index contributed by atoms with van der Waals surface area (Å²) in [5, 5.41) is 3.51. The first-order valence-corrected chi connectivity index (χ1v) is 7.84. The van der Waals surface area contributed by atoms with Crippen LogP contribution in [-0.2, 0) is 22.5 Å². The van der Waals surface area contributed by atoms with E-state index in [4.69, 9.17) is 0 Å². The molecule has 3 nitrogen and oxygen atoms in total. The van der Waals surface area contributed by atoms with Gasteiger partial charge in [0, 0.05) is 22.3 Å². The van der Waals surface area contributed by atoms with E-state index in [0.717, 1.165) is 11.4 Å². The minimum absolute atomic E-state index is 0.190. The second-order valence-corrected chi connectivity index (χ2v) is 6.39. The van der Waals surface area contributed by atoms with Crippen molar-refractivity contribution in [2.24, 2.45) is 0 Å². The van der Waals surface area contributed by atoms with Gasteiger partial charge in [-0.3, -0.25) is 4.79 Å². The summed E-state index contributed by atoms with van der Waals surface area (Å²) < 4.78 is 4.68. The SMILES string of the molecule is COC(=O)Cc1ccc(CN[C@@H](C)c2ccc(C)cc2)s1. The van der Waals surface area contributed by atoms with Crippen LogP contribution in [0.2, 0.25) is 0 Å². The number of aryl methyl sites for hydroxylation is 1. The molecule has 2 aromatic rings. The van der Waals surface area contributed by atoms with Crippen LogP contribution in [0, 0.1) is 6.92 Å². The molecule has 21 heavy (non-hydrogen) atoms. The summed E-state index contributed by atoms with van der Waals surface area (Å²) in [4.78, 5) is 13.5. The molecule has 0 bridgehead atoms. The maximum absolute atomic E-state index is 11.2. The summed E-state index contributed by atoms with van der Waals surface area (Å²) in [5.41, 5.74) is 2.56. The van der Waals surface area contributed by atoms with Crippen LogP contribution in [0.25, 0.3) is 0 Å². The van der Waals surface area contributed by atoms with Gasteiger partial charge < -0.3 is 10.1 Å². The Bertz CT molecular complexity index is 589. The van der Waals surface area contributed by atoms with Crippen molar-refractivity contribution in [2.75, 3.05) is 7.11 Å². The zero-order valence-corrected chi connectivity index (χ0v) is 13.5. The Morgan fingerprint density at radius 1 is 1.19 bits per heavy atom. The molecule has 1 atom stereocenters. The summed E-state index contributed by atoms with van der Waals surface area (Å²) in [6.07, 6.45) is 0.356. The predicted octanol–water partition coefficient (Wildman–Crippen LogP) is 3.62. The third-order valence-electron chi connectivity index (χ3n) is 3.42. The third kappa shape index (κ3) is 4.69. The zero-order valence-electron chi connectivity index (χ0n) is 12.7. The van der Waals surface area contributed by atoms with Gasteiger partial charge >= 0.3 is 5.97 Å². The molecule has 0 aliphatic heterocycles. The molecule has 0 saturated carbocycles. The number of thiophene rings is 1. The van der Waals surface area contributed by atoms with E-state index in [1.807, 2.05) is 6.07 Å². The zero-order chi connectivity index (χ0) is 15.2. The van der Waals surface area contributed by atoms with Gasteiger partial charge in [0.15, 0.2) is 0 Å². The molecule has 2 rings (SSSR count). The van der Waals surface area contributed by atoms with E-state index in [-0.39, 0.29) is 5.97 Å². The highest BCUT2D eigenvalue weighted by Gasteiger charge is 2.08. The first kappa shape index (κ1) is 15.7. The largest absolute Gasteiger partial charge is 0.469 e. The van der Waals surface area contributed by atoms with Gasteiger partial charge in [0.25, 0.3) is 0 Å². The van der Waals surface area contributed by atoms with Crippen molar-refractivity contribution in [3.8, 4) is 0 Å². The van der Waals surface area contributed by atoms with Crippen LogP contribution in [0.5, 0.6) is 0 Å². The van der Waals surface area contributed by atoms with E-state index >= 15 is 0 Å². The lowest BCUT2D eigenvalue weighted by Crippen LogP contribution is -2.17. The molecule has 0 amide bonds. The van der Waals surface area contributed by atoms with Crippen LogP contribution < -0.4 is 5.32 Å². The maximum atomic E-state index is 11.2. The summed E-state index contributed by atoms with van der Waals surface area (Å²) in [5.74, 6) is -0.190. The smallest absolute Gasteiger partial charge is 0.310 e. The predicted molar refractivity (Wildman–Crippen MR) is 86.5 cm³/mol. The van der Waals surface area contributed by atoms with Crippen molar-refractivity contribution in [2.45, 2.75) is 32.9 Å². The Kier molecular flexibility index (Phi) is 5.53. The fraction of sp³-hybridized carbons (Fsp3) is 0.353. The van der Waals surface area contributed by atoms with Crippen LogP contribution in [0.15, 0.2) is 36.4 Å². The van der Waals surface area contributed by atoms with Crippen molar-refractivity contribution in [3.63, 3.8) is 0 Å². The lowest BCUT2D eigenvalue weighted by atomic mass is 10.1. The molecule has 0 unspecified atom stereocenters. The van der Waals surface area contributed by atoms with Crippen molar-refractivity contribution >= 4 is 17.3 Å². The first-order valence-electron chi connectivity index (χ1n) is 7.03. The van der Waals surface area contributed by atoms with Crippen LogP contribution >= 0.6 is 11.3 Å². The van der Waals surface area contributed by atoms with Crippen molar-refractivity contribution in [3.05, 3.63) is 57.3 Å². The first-order chi connectivity index (χ1) is 10.1. The highest BCUT2D eigenvalue weighted by atomic mass is 32.1. The highest BCUT2D eigenvalue weighted by Crippen LogP contribution is 2.19. The van der Waals surface area contributed by atoms with Crippen LogP contribution in [0.1, 0.15) is 33.8 Å². The molecule has 1 N–H and O–H groups in total. The minimum atomic E-state index is -0.190. The second kappa shape index (κ2) is 7.38. The van der Waals surface area contributed by atoms with Crippen molar-refractivity contribution in [1.29, 1.82) is 0 Å². The number of rotatable bonds is 6. The normalized spacial score (nSPS) is 12.1. The molecule has 4 heteroatoms. The minimum Gasteiger partial charge on any atom is -0.469 e. The van der Waals surface area contributed by atoms with Crippen molar-refractivity contribution in [1.82, 2.24) is 5.32 Å². The fourth-order valence-corrected chi connectivity index (χ4v) is 3.01. The van der Waals surface area contributed by atoms with Crippen LogP contribution in [0.4, 0.5) is 0 Å². The van der Waals surface area contributed by atoms with E-state index < -0.39 is 0 Å². The van der Waals surface area contributed by atoms with E-state index in [0.29, 0.717) is 12.5 Å². The Morgan fingerprint density at radius 3 is 2.52 bits per heavy atom. The van der Waals surface area contributed by atoms with Crippen LogP contribution in [0.3, 0.4) is 0 Å². The Labute approximate surface area is 130 Å². The number of carbonyl (C=O) groups is 1. The molecule has 0 saturated heterocycles. The van der Waals surface area contributed by atoms with E-state index in [1.54, 1.807) is 11.3 Å². The number of ether oxygens (including phenoxy) is 1. The maximum Gasteiger partial charge on any atom is 0.310 e. The van der Waals surface area contributed by atoms with Gasteiger partial charge in [-0.25, -0.2) is 0 Å². The number of hydrogen-bond donors (Lipinski definition) is 1. The molecule has 1 heterocycles. The van der Waals surface area contributed by atoms with Crippen molar-refractivity contribution < 1.29 is 9.53 Å². The second-order valence-electron chi connectivity index (χ2n) is 5.13. The number of esters is 1. The topological polar surface area (TPSA) is 38.3 Å². The average molecular weight is 303 g/mol. The van der Waals surface area contributed by atoms with E-state index in [2.05, 4.69) is 54.2 Å². The number of methoxy groups -OCH3 is 1. The average Bonchev–Trinajstić information content (AvgIpc) is 2.93. The Morgan fingerprint density at radius 2 is 1.86 bits per heavy atom. The summed E-state index contributed by atoms with van der Waals surface area (Å²) >= 11 is 1.65. The standard InChI is InChI=1S/C17H21NO2S/c1-12-4-6-14(7-5-12)13(2)18-11-16-9-8-15(21-16)10-17(19)20-3/h4-9,13,18H,10-11H2,1-3H3/t13-/m0/s1. The summed E-state index contributed by atoms with van der Waals surface area (Å²) in [7, 11) is 1.42. The number of hydrogen-bond acceptors (Lipinski definition) is 4. The molecular formula is C17H21NO2S. The van der Waals surface area contributed by atoms with Gasteiger partial charge in [-0.05, 0) is 31.5 Å². The third-order valence-corrected chi connectivity index (χ3v) is 4.51. The lowest BCUT2D eigenvalue weighted by Gasteiger charge is -2.13. The van der Waals surface area contributed by atoms with Gasteiger partial charge in [0.05, 0.1) is 13.5 Å². The molecule has 1 aromatic carbocycles. The monoisotopic (exact) mass is 303 g/mol. The van der Waals surface area contributed by atoms with Gasteiger partial charge in [-0.2, -0.15) is 0 Å². The molecule has 112 valence electrons. The lowest BCUT2D eigenvalue weighted by molar-refractivity contribution is -0.139. The quantitative estimate of drug-likeness (QED) is 0.828. The highest BCUT2D eigenvalue weighted by molar-refractivity contribution is 7.12. The number of nitrogens with one attached hydrogen (secondary N) is 1. The molecule has 0 aliphatic rings. The molecule has 0 spiro atoms. The Balaban J connectivity index is 1.88. The molecule has 0 radical (unpaired) electrons. The van der Waals surface area contributed by atoms with Gasteiger partial charge in [-0.1, -0.05) is 29.8 Å². The molecule has 0 aliphatic carbocycles. The van der Waals surface area contributed by atoms with E-state index in [9.17, 15) is 4.79 Å². The van der Waals surface area contributed by atoms with Gasteiger partial charge in [0.1, 0.15) is 0 Å². The van der Waals surface area contributed by atoms with Gasteiger partial charge in [0.2, 0.25) is 0 Å².